The Labute approximate surface area is 140 Å². The van der Waals surface area contributed by atoms with Crippen molar-refractivity contribution in [3.63, 3.8) is 0 Å². The number of amides is 1. The number of carbonyl (C=O) groups is 1. The number of ether oxygens (including phenoxy) is 1. The van der Waals surface area contributed by atoms with E-state index in [1.165, 1.54) is 0 Å². The van der Waals surface area contributed by atoms with Crippen LogP contribution in [-0.4, -0.2) is 25.0 Å². The molecule has 2 aromatic carbocycles. The Morgan fingerprint density at radius 1 is 1.26 bits per heavy atom. The molecule has 120 valence electrons. The Morgan fingerprint density at radius 3 is 2.74 bits per heavy atom. The van der Waals surface area contributed by atoms with E-state index in [1.807, 2.05) is 55.5 Å². The summed E-state index contributed by atoms with van der Waals surface area (Å²) in [6, 6.07) is 15.8. The fraction of sp³-hybridized carbons (Fsp3) is 0.222. The molecule has 0 bridgehead atoms. The highest BCUT2D eigenvalue weighted by Crippen LogP contribution is 2.16. The maximum Gasteiger partial charge on any atom is 0.250 e. The summed E-state index contributed by atoms with van der Waals surface area (Å²) in [5, 5.41) is 3.98. The van der Waals surface area contributed by atoms with Gasteiger partial charge < -0.3 is 4.74 Å². The maximum absolute atomic E-state index is 11.7. The van der Waals surface area contributed by atoms with Crippen molar-refractivity contribution in [3.05, 3.63) is 65.2 Å². The summed E-state index contributed by atoms with van der Waals surface area (Å²) < 4.78 is 5.11. The molecule has 23 heavy (non-hydrogen) atoms. The van der Waals surface area contributed by atoms with Gasteiger partial charge in [0.2, 0.25) is 5.91 Å². The van der Waals surface area contributed by atoms with E-state index in [9.17, 15) is 4.79 Å². The molecule has 1 N–H and O–H groups in total. The summed E-state index contributed by atoms with van der Waals surface area (Å²) in [4.78, 5) is 11.7. The molecule has 4 nitrogen and oxygen atoms in total. The highest BCUT2D eigenvalue weighted by Gasteiger charge is 2.01. The van der Waals surface area contributed by atoms with Gasteiger partial charge in [-0.2, -0.15) is 5.10 Å². The standard InChI is InChI=1S/C18H20N2O2S/c1-14-4-3-5-16(10-14)11-19-20-18(21)13-23-12-15-6-8-17(22-2)9-7-15/h3-11H,12-13H2,1-2H3,(H,20,21)/b19-11-. The van der Waals surface area contributed by atoms with E-state index in [0.717, 1.165) is 28.2 Å². The minimum atomic E-state index is -0.104. The third kappa shape index (κ3) is 6.16. The number of hydrogen-bond acceptors (Lipinski definition) is 4. The second-order valence-electron chi connectivity index (χ2n) is 5.05. The molecular weight excluding hydrogens is 308 g/mol. The van der Waals surface area contributed by atoms with Gasteiger partial charge in [-0.05, 0) is 30.2 Å². The lowest BCUT2D eigenvalue weighted by atomic mass is 10.2. The van der Waals surface area contributed by atoms with Crippen LogP contribution in [0, 0.1) is 6.92 Å². The molecule has 5 heteroatoms. The summed E-state index contributed by atoms with van der Waals surface area (Å²) in [6.45, 7) is 2.02. The zero-order valence-electron chi connectivity index (χ0n) is 13.3. The van der Waals surface area contributed by atoms with Crippen LogP contribution in [0.3, 0.4) is 0 Å². The van der Waals surface area contributed by atoms with E-state index in [1.54, 1.807) is 25.1 Å². The molecule has 0 unspecified atom stereocenters. The number of rotatable bonds is 7. The molecule has 0 fully saturated rings. The van der Waals surface area contributed by atoms with Crippen LogP contribution in [-0.2, 0) is 10.5 Å². The average molecular weight is 328 g/mol. The summed E-state index contributed by atoms with van der Waals surface area (Å²) in [7, 11) is 1.64. The molecule has 0 aliphatic heterocycles. The predicted molar refractivity (Wildman–Crippen MR) is 96.1 cm³/mol. The quantitative estimate of drug-likeness (QED) is 0.626. The minimum absolute atomic E-state index is 0.104. The lowest BCUT2D eigenvalue weighted by molar-refractivity contribution is -0.118. The summed E-state index contributed by atoms with van der Waals surface area (Å²) >= 11 is 1.55. The molecule has 0 heterocycles. The third-order valence-electron chi connectivity index (χ3n) is 3.11. The molecule has 0 saturated carbocycles. The van der Waals surface area contributed by atoms with Gasteiger partial charge >= 0.3 is 0 Å². The first kappa shape index (κ1) is 17.1. The summed E-state index contributed by atoms with van der Waals surface area (Å²) in [6.07, 6.45) is 1.65. The van der Waals surface area contributed by atoms with E-state index in [-0.39, 0.29) is 5.91 Å². The first-order chi connectivity index (χ1) is 11.2. The molecule has 0 radical (unpaired) electrons. The van der Waals surface area contributed by atoms with E-state index >= 15 is 0 Å². The zero-order valence-corrected chi connectivity index (χ0v) is 14.1. The van der Waals surface area contributed by atoms with Gasteiger partial charge in [0.25, 0.3) is 0 Å². The van der Waals surface area contributed by atoms with Crippen molar-refractivity contribution in [2.75, 3.05) is 12.9 Å². The number of aryl methyl sites for hydroxylation is 1. The van der Waals surface area contributed by atoms with Gasteiger partial charge in [0.15, 0.2) is 0 Å². The van der Waals surface area contributed by atoms with Crippen LogP contribution in [0.5, 0.6) is 5.75 Å². The SMILES string of the molecule is COc1ccc(CSCC(=O)N/N=C\c2cccc(C)c2)cc1. The topological polar surface area (TPSA) is 50.7 Å². The molecule has 0 spiro atoms. The second-order valence-corrected chi connectivity index (χ2v) is 6.03. The zero-order chi connectivity index (χ0) is 16.5. The molecule has 0 saturated heterocycles. The Hall–Kier alpha value is -2.27. The van der Waals surface area contributed by atoms with E-state index in [0.29, 0.717) is 5.75 Å². The lowest BCUT2D eigenvalue weighted by Crippen LogP contribution is -2.19. The number of hydrogen-bond donors (Lipinski definition) is 1. The second kappa shape index (κ2) is 9.00. The van der Waals surface area contributed by atoms with Gasteiger partial charge in [0, 0.05) is 5.75 Å². The van der Waals surface area contributed by atoms with Crippen molar-refractivity contribution in [1.82, 2.24) is 5.43 Å². The predicted octanol–water partition coefficient (Wildman–Crippen LogP) is 3.39. The van der Waals surface area contributed by atoms with Crippen molar-refractivity contribution in [2.24, 2.45) is 5.10 Å². The molecule has 0 aromatic heterocycles. The third-order valence-corrected chi connectivity index (χ3v) is 4.11. The number of nitrogens with zero attached hydrogens (tertiary/aromatic N) is 1. The highest BCUT2D eigenvalue weighted by molar-refractivity contribution is 7.99. The number of hydrazone groups is 1. The average Bonchev–Trinajstić information content (AvgIpc) is 2.55. The Kier molecular flexibility index (Phi) is 6.69. The van der Waals surface area contributed by atoms with Gasteiger partial charge in [0.05, 0.1) is 19.1 Å². The fourth-order valence-corrected chi connectivity index (χ4v) is 2.73. The molecule has 2 aromatic rings. The van der Waals surface area contributed by atoms with Crippen LogP contribution in [0.2, 0.25) is 0 Å². The van der Waals surface area contributed by atoms with Gasteiger partial charge in [-0.3, -0.25) is 4.79 Å². The Bertz CT molecular complexity index is 669. The number of carbonyl (C=O) groups excluding carboxylic acids is 1. The van der Waals surface area contributed by atoms with Crippen LogP contribution >= 0.6 is 11.8 Å². The van der Waals surface area contributed by atoms with E-state index in [4.69, 9.17) is 4.74 Å². The number of thioether (sulfide) groups is 1. The van der Waals surface area contributed by atoms with Crippen LogP contribution in [0.15, 0.2) is 53.6 Å². The normalized spacial score (nSPS) is 10.7. The van der Waals surface area contributed by atoms with Crippen LogP contribution in [0.1, 0.15) is 16.7 Å². The highest BCUT2D eigenvalue weighted by atomic mass is 32.2. The van der Waals surface area contributed by atoms with Crippen molar-refractivity contribution in [1.29, 1.82) is 0 Å². The van der Waals surface area contributed by atoms with Crippen molar-refractivity contribution in [2.45, 2.75) is 12.7 Å². The van der Waals surface area contributed by atoms with Gasteiger partial charge in [-0.15, -0.1) is 11.8 Å². The van der Waals surface area contributed by atoms with Crippen molar-refractivity contribution >= 4 is 23.9 Å². The monoisotopic (exact) mass is 328 g/mol. The number of benzene rings is 2. The van der Waals surface area contributed by atoms with Crippen LogP contribution < -0.4 is 10.2 Å². The van der Waals surface area contributed by atoms with Gasteiger partial charge in [0.1, 0.15) is 5.75 Å². The lowest BCUT2D eigenvalue weighted by Gasteiger charge is -2.03. The number of methoxy groups -OCH3 is 1. The summed E-state index contributed by atoms with van der Waals surface area (Å²) in [5.74, 6) is 1.88. The Balaban J connectivity index is 1.70. The minimum Gasteiger partial charge on any atom is -0.497 e. The summed E-state index contributed by atoms with van der Waals surface area (Å²) in [5.41, 5.74) is 5.83. The molecule has 0 aliphatic carbocycles. The van der Waals surface area contributed by atoms with Crippen LogP contribution in [0.25, 0.3) is 0 Å². The first-order valence-corrected chi connectivity index (χ1v) is 8.42. The maximum atomic E-state index is 11.7. The number of nitrogens with one attached hydrogen (secondary N) is 1. The van der Waals surface area contributed by atoms with Crippen molar-refractivity contribution < 1.29 is 9.53 Å². The fourth-order valence-electron chi connectivity index (χ4n) is 1.94. The van der Waals surface area contributed by atoms with E-state index < -0.39 is 0 Å². The van der Waals surface area contributed by atoms with Gasteiger partial charge in [-0.25, -0.2) is 5.43 Å². The molecule has 2 rings (SSSR count). The molecule has 1 amide bonds. The van der Waals surface area contributed by atoms with Crippen molar-refractivity contribution in [3.8, 4) is 5.75 Å². The van der Waals surface area contributed by atoms with Gasteiger partial charge in [-0.1, -0.05) is 42.0 Å². The first-order valence-electron chi connectivity index (χ1n) is 7.26. The Morgan fingerprint density at radius 2 is 2.04 bits per heavy atom. The molecular formula is C18H20N2O2S. The molecule has 0 aliphatic rings. The van der Waals surface area contributed by atoms with E-state index in [2.05, 4.69) is 10.5 Å². The largest absolute Gasteiger partial charge is 0.497 e. The molecule has 0 atom stereocenters. The van der Waals surface area contributed by atoms with Crippen LogP contribution in [0.4, 0.5) is 0 Å². The smallest absolute Gasteiger partial charge is 0.250 e.